The maximum atomic E-state index is 12.6. The zero-order valence-corrected chi connectivity index (χ0v) is 7.44. The predicted molar refractivity (Wildman–Crippen MR) is 48.0 cm³/mol. The molecule has 0 unspecified atom stereocenters. The minimum atomic E-state index is -4.29. The van der Waals surface area contributed by atoms with Gasteiger partial charge in [0.1, 0.15) is 0 Å². The highest BCUT2D eigenvalue weighted by atomic mass is 19.4. The molecule has 0 fully saturated rings. The zero-order chi connectivity index (χ0) is 10.3. The summed E-state index contributed by atoms with van der Waals surface area (Å²) in [5.41, 5.74) is 0.554. The highest BCUT2D eigenvalue weighted by molar-refractivity contribution is 5.84. The fraction of sp³-hybridized carbons (Fsp3) is 0.200. The van der Waals surface area contributed by atoms with Crippen LogP contribution in [0.2, 0.25) is 0 Å². The Morgan fingerprint density at radius 1 is 1.21 bits per heavy atom. The van der Waals surface area contributed by atoms with Gasteiger partial charge in [-0.3, -0.25) is 0 Å². The van der Waals surface area contributed by atoms with Crippen molar-refractivity contribution in [2.45, 2.75) is 13.1 Å². The zero-order valence-electron chi connectivity index (χ0n) is 7.44. The van der Waals surface area contributed by atoms with Crippen LogP contribution in [0.1, 0.15) is 11.1 Å². The summed E-state index contributed by atoms with van der Waals surface area (Å²) in [6.45, 7) is 1.65. The lowest BCUT2D eigenvalue weighted by atomic mass is 10.1. The van der Waals surface area contributed by atoms with E-state index in [9.17, 15) is 13.2 Å². The molecule has 0 aliphatic rings. The summed E-state index contributed by atoms with van der Waals surface area (Å²) in [5, 5.41) is 0.225. The summed E-state index contributed by atoms with van der Waals surface area (Å²) in [5.74, 6) is 0. The number of alkyl halides is 3. The Bertz CT molecular complexity index is 468. The van der Waals surface area contributed by atoms with E-state index in [0.717, 1.165) is 6.07 Å². The van der Waals surface area contributed by atoms with Gasteiger partial charge < -0.3 is 4.98 Å². The van der Waals surface area contributed by atoms with Crippen molar-refractivity contribution in [2.24, 2.45) is 0 Å². The van der Waals surface area contributed by atoms with E-state index >= 15 is 0 Å². The summed E-state index contributed by atoms with van der Waals surface area (Å²) in [6.07, 6.45) is -2.77. The number of halogens is 3. The number of hydrogen-bond acceptors (Lipinski definition) is 0. The van der Waals surface area contributed by atoms with Gasteiger partial charge >= 0.3 is 6.18 Å². The highest BCUT2D eigenvalue weighted by Gasteiger charge is 2.32. The van der Waals surface area contributed by atoms with Crippen LogP contribution in [0.5, 0.6) is 0 Å². The number of fused-ring (bicyclic) bond motifs is 1. The van der Waals surface area contributed by atoms with Crippen molar-refractivity contribution in [3.8, 4) is 0 Å². The molecular weight excluding hydrogens is 191 g/mol. The maximum absolute atomic E-state index is 12.6. The fourth-order valence-corrected chi connectivity index (χ4v) is 1.55. The minimum Gasteiger partial charge on any atom is -0.361 e. The van der Waals surface area contributed by atoms with Crippen LogP contribution in [0.25, 0.3) is 10.9 Å². The van der Waals surface area contributed by atoms with Gasteiger partial charge in [0.15, 0.2) is 0 Å². The first kappa shape index (κ1) is 9.12. The highest BCUT2D eigenvalue weighted by Crippen LogP contribution is 2.35. The van der Waals surface area contributed by atoms with Gasteiger partial charge in [0.25, 0.3) is 0 Å². The Labute approximate surface area is 78.5 Å². The summed E-state index contributed by atoms with van der Waals surface area (Å²) in [7, 11) is 0. The van der Waals surface area contributed by atoms with Crippen LogP contribution in [0.4, 0.5) is 13.2 Å². The average Bonchev–Trinajstić information content (AvgIpc) is 2.47. The third-order valence-corrected chi connectivity index (χ3v) is 2.12. The first-order valence-electron chi connectivity index (χ1n) is 4.13. The molecule has 1 aromatic heterocycles. The second kappa shape index (κ2) is 2.77. The van der Waals surface area contributed by atoms with E-state index in [4.69, 9.17) is 0 Å². The van der Waals surface area contributed by atoms with Crippen molar-refractivity contribution in [1.82, 2.24) is 4.98 Å². The van der Waals surface area contributed by atoms with E-state index in [0.29, 0.717) is 11.1 Å². The van der Waals surface area contributed by atoms with Gasteiger partial charge in [0, 0.05) is 17.1 Å². The largest absolute Gasteiger partial charge is 0.417 e. The monoisotopic (exact) mass is 199 g/mol. The number of H-pyrrole nitrogens is 1. The van der Waals surface area contributed by atoms with Crippen molar-refractivity contribution in [2.75, 3.05) is 0 Å². The maximum Gasteiger partial charge on any atom is 0.417 e. The number of benzene rings is 1. The fourth-order valence-electron chi connectivity index (χ4n) is 1.55. The number of aryl methyl sites for hydroxylation is 1. The quantitative estimate of drug-likeness (QED) is 0.668. The Morgan fingerprint density at radius 3 is 2.57 bits per heavy atom. The van der Waals surface area contributed by atoms with Crippen LogP contribution >= 0.6 is 0 Å². The number of hydrogen-bond donors (Lipinski definition) is 1. The minimum absolute atomic E-state index is 0.225. The molecule has 2 rings (SSSR count). The molecule has 0 aliphatic heterocycles. The molecule has 0 atom stereocenters. The van der Waals surface area contributed by atoms with Crippen LogP contribution in [0, 0.1) is 6.92 Å². The molecule has 0 bridgehead atoms. The lowest BCUT2D eigenvalue weighted by molar-refractivity contribution is -0.136. The molecular formula is C10H8F3N. The number of aromatic amines is 1. The van der Waals surface area contributed by atoms with Crippen LogP contribution < -0.4 is 0 Å². The third-order valence-electron chi connectivity index (χ3n) is 2.12. The number of nitrogens with one attached hydrogen (secondary N) is 1. The summed E-state index contributed by atoms with van der Waals surface area (Å²) in [6, 6.07) is 4.30. The van der Waals surface area contributed by atoms with Crippen molar-refractivity contribution < 1.29 is 13.2 Å². The molecule has 1 nitrogen and oxygen atoms in total. The summed E-state index contributed by atoms with van der Waals surface area (Å²) in [4.78, 5) is 2.77. The topological polar surface area (TPSA) is 15.8 Å². The van der Waals surface area contributed by atoms with E-state index in [1.165, 1.54) is 12.3 Å². The van der Waals surface area contributed by atoms with Crippen LogP contribution in [-0.4, -0.2) is 4.98 Å². The first-order valence-corrected chi connectivity index (χ1v) is 4.13. The Hall–Kier alpha value is -1.45. The van der Waals surface area contributed by atoms with Gasteiger partial charge in [-0.2, -0.15) is 13.2 Å². The number of aromatic nitrogens is 1. The van der Waals surface area contributed by atoms with Gasteiger partial charge in [-0.15, -0.1) is 0 Å². The van der Waals surface area contributed by atoms with Crippen molar-refractivity contribution in [3.05, 3.63) is 35.5 Å². The lowest BCUT2D eigenvalue weighted by Gasteiger charge is -2.08. The molecule has 0 saturated carbocycles. The van der Waals surface area contributed by atoms with Gasteiger partial charge in [-0.1, -0.05) is 0 Å². The lowest BCUT2D eigenvalue weighted by Crippen LogP contribution is -2.05. The molecule has 74 valence electrons. The third kappa shape index (κ3) is 1.36. The van der Waals surface area contributed by atoms with Gasteiger partial charge in [-0.25, -0.2) is 0 Å². The van der Waals surface area contributed by atoms with E-state index in [1.54, 1.807) is 13.0 Å². The molecule has 0 spiro atoms. The van der Waals surface area contributed by atoms with Crippen molar-refractivity contribution >= 4 is 10.9 Å². The van der Waals surface area contributed by atoms with Gasteiger partial charge in [0.05, 0.1) is 5.56 Å². The Balaban J connectivity index is 2.80. The standard InChI is InChI=1S/C10H8F3N/c1-6-4-8(10(11,12)13)7-2-3-14-9(7)5-6/h2-5,14H,1H3. The Morgan fingerprint density at radius 2 is 1.93 bits per heavy atom. The van der Waals surface area contributed by atoms with E-state index < -0.39 is 11.7 Å². The molecule has 0 saturated heterocycles. The Kier molecular flexibility index (Phi) is 1.80. The second-order valence-electron chi connectivity index (χ2n) is 3.25. The molecule has 1 aromatic carbocycles. The SMILES string of the molecule is Cc1cc(C(F)(F)F)c2cc[nH]c2c1. The summed E-state index contributed by atoms with van der Waals surface area (Å²) < 4.78 is 37.7. The van der Waals surface area contributed by atoms with Crippen LogP contribution in [-0.2, 0) is 6.18 Å². The molecule has 14 heavy (non-hydrogen) atoms. The van der Waals surface area contributed by atoms with E-state index in [-0.39, 0.29) is 5.39 Å². The normalized spacial score (nSPS) is 12.3. The summed E-state index contributed by atoms with van der Waals surface area (Å²) >= 11 is 0. The molecule has 2 aromatic rings. The molecule has 0 amide bonds. The molecule has 4 heteroatoms. The second-order valence-corrected chi connectivity index (χ2v) is 3.25. The number of rotatable bonds is 0. The van der Waals surface area contributed by atoms with Gasteiger partial charge in [-0.05, 0) is 30.7 Å². The predicted octanol–water partition coefficient (Wildman–Crippen LogP) is 3.50. The van der Waals surface area contributed by atoms with E-state index in [1.807, 2.05) is 0 Å². The molecule has 1 N–H and O–H groups in total. The molecule has 1 heterocycles. The average molecular weight is 199 g/mol. The molecule has 0 radical (unpaired) electrons. The van der Waals surface area contributed by atoms with Crippen LogP contribution in [0.15, 0.2) is 24.4 Å². The molecule has 0 aliphatic carbocycles. The van der Waals surface area contributed by atoms with Crippen molar-refractivity contribution in [1.29, 1.82) is 0 Å². The smallest absolute Gasteiger partial charge is 0.361 e. The van der Waals surface area contributed by atoms with E-state index in [2.05, 4.69) is 4.98 Å². The van der Waals surface area contributed by atoms with Crippen molar-refractivity contribution in [3.63, 3.8) is 0 Å². The van der Waals surface area contributed by atoms with Crippen LogP contribution in [0.3, 0.4) is 0 Å². The van der Waals surface area contributed by atoms with Gasteiger partial charge in [0.2, 0.25) is 0 Å². The first-order chi connectivity index (χ1) is 6.48.